The van der Waals surface area contributed by atoms with Crippen LogP contribution in [0.25, 0.3) is 0 Å². The summed E-state index contributed by atoms with van der Waals surface area (Å²) in [5.74, 6) is -0.320. The van der Waals surface area contributed by atoms with Crippen molar-refractivity contribution in [2.24, 2.45) is 5.41 Å². The number of rotatable bonds is 11. The highest BCUT2D eigenvalue weighted by atomic mass is 16.6. The van der Waals surface area contributed by atoms with Crippen LogP contribution in [0, 0.1) is 5.41 Å². The first kappa shape index (κ1) is 42.1. The number of amides is 4. The average Bonchev–Trinajstić information content (AvgIpc) is 3.74. The van der Waals surface area contributed by atoms with Gasteiger partial charge in [0, 0.05) is 49.5 Å². The number of carbonyl (C=O) groups excluding carboxylic acids is 5. The highest BCUT2D eigenvalue weighted by molar-refractivity contribution is 6.06. The number of fused-ring (bicyclic) bond motifs is 3. The van der Waals surface area contributed by atoms with Crippen molar-refractivity contribution in [3.63, 3.8) is 0 Å². The highest BCUT2D eigenvalue weighted by Gasteiger charge is 2.51. The lowest BCUT2D eigenvalue weighted by Gasteiger charge is -2.41. The summed E-state index contributed by atoms with van der Waals surface area (Å²) in [5, 5.41) is 5.99. The summed E-state index contributed by atoms with van der Waals surface area (Å²) in [6, 6.07) is 24.5. The van der Waals surface area contributed by atoms with Crippen LogP contribution in [0.5, 0.6) is 0 Å². The first-order valence-electron chi connectivity index (χ1n) is 20.4. The van der Waals surface area contributed by atoms with Crippen LogP contribution in [0.2, 0.25) is 0 Å². The van der Waals surface area contributed by atoms with E-state index >= 15 is 0 Å². The maximum Gasteiger partial charge on any atom is 0.410 e. The van der Waals surface area contributed by atoms with Crippen LogP contribution in [0.1, 0.15) is 84.3 Å². The zero-order chi connectivity index (χ0) is 42.8. The van der Waals surface area contributed by atoms with Gasteiger partial charge in [0.25, 0.3) is 0 Å². The maximum absolute atomic E-state index is 14.8. The zero-order valence-corrected chi connectivity index (χ0v) is 35.3. The van der Waals surface area contributed by atoms with E-state index in [1.165, 1.54) is 12.0 Å². The van der Waals surface area contributed by atoms with Crippen LogP contribution in [0.3, 0.4) is 0 Å². The number of hydrogen-bond acceptors (Lipinski definition) is 9. The molecule has 7 rings (SSSR count). The van der Waals surface area contributed by atoms with Crippen molar-refractivity contribution < 1.29 is 33.4 Å². The van der Waals surface area contributed by atoms with Gasteiger partial charge < -0.3 is 29.9 Å². The van der Waals surface area contributed by atoms with E-state index in [1.54, 1.807) is 30.3 Å². The SMILES string of the molecule is COC(=O)c1ccc(CN2CCC(C)(C(=O)N(CC(=O)Nc3ccc4c(c3)C[C@@]3(C4)C(=O)Nc4ncccc43)Cc3ccccc3CN(C)C(=O)OC(C)(C)C)CC2)cc1. The molecule has 4 amide bonds. The standard InChI is InChI=1S/C47H54N6O7/c1-45(2,3)60-44(58)51(5)28-34-10-7-8-11-35(34)29-53(43(57)46(4)19-22-52(23-20-46)27-31-13-15-32(16-14-31)41(55)59-6)30-39(54)49-37-18-17-33-25-47(26-36(33)24-37)38-12-9-21-48-40(38)50-42(47)56/h7-18,21,24H,19-20,22-23,25-30H2,1-6H3,(H,49,54)(H,48,50,56)/t47-/m1/s1. The monoisotopic (exact) mass is 814 g/mol. The van der Waals surface area contributed by atoms with Crippen LogP contribution in [0.15, 0.2) is 85.1 Å². The van der Waals surface area contributed by atoms with E-state index in [-0.39, 0.29) is 43.3 Å². The average molecular weight is 815 g/mol. The minimum atomic E-state index is -0.733. The van der Waals surface area contributed by atoms with Crippen molar-refractivity contribution in [1.82, 2.24) is 19.7 Å². The van der Waals surface area contributed by atoms with Crippen molar-refractivity contribution >= 4 is 41.3 Å². The third-order valence-corrected chi connectivity index (χ3v) is 11.9. The molecule has 13 nitrogen and oxygen atoms in total. The fraction of sp³-hybridized carbons (Fsp3) is 0.404. The fourth-order valence-electron chi connectivity index (χ4n) is 8.57. The summed E-state index contributed by atoms with van der Waals surface area (Å²) in [5.41, 5.74) is 4.58. The van der Waals surface area contributed by atoms with Crippen LogP contribution >= 0.6 is 0 Å². The highest BCUT2D eigenvalue weighted by Crippen LogP contribution is 2.47. The number of ether oxygens (including phenoxy) is 2. The Morgan fingerprint density at radius 3 is 2.27 bits per heavy atom. The molecule has 13 heteroatoms. The van der Waals surface area contributed by atoms with Gasteiger partial charge in [0.1, 0.15) is 18.0 Å². The lowest BCUT2D eigenvalue weighted by molar-refractivity contribution is -0.146. The molecular weight excluding hydrogens is 761 g/mol. The largest absolute Gasteiger partial charge is 0.465 e. The second-order valence-electron chi connectivity index (χ2n) is 17.6. The molecule has 3 aliphatic rings. The number of carbonyl (C=O) groups is 5. The molecule has 0 radical (unpaired) electrons. The normalized spacial score (nSPS) is 17.9. The molecule has 1 saturated heterocycles. The molecular formula is C47H54N6O7. The smallest absolute Gasteiger partial charge is 0.410 e. The molecule has 60 heavy (non-hydrogen) atoms. The molecule has 2 aliphatic heterocycles. The Balaban J connectivity index is 1.07. The molecule has 3 aromatic carbocycles. The molecule has 314 valence electrons. The van der Waals surface area contributed by atoms with E-state index in [2.05, 4.69) is 20.5 Å². The number of benzene rings is 3. The second kappa shape index (κ2) is 16.9. The van der Waals surface area contributed by atoms with Gasteiger partial charge in [0.2, 0.25) is 17.7 Å². The molecule has 1 fully saturated rings. The van der Waals surface area contributed by atoms with E-state index in [4.69, 9.17) is 9.47 Å². The third kappa shape index (κ3) is 9.06. The predicted molar refractivity (Wildman–Crippen MR) is 227 cm³/mol. The lowest BCUT2D eigenvalue weighted by atomic mass is 9.78. The summed E-state index contributed by atoms with van der Waals surface area (Å²) in [6.45, 7) is 9.68. The Bertz CT molecular complexity index is 2300. The summed E-state index contributed by atoms with van der Waals surface area (Å²) >= 11 is 0. The number of aromatic nitrogens is 1. The number of anilines is 2. The molecule has 1 aromatic heterocycles. The predicted octanol–water partition coefficient (Wildman–Crippen LogP) is 6.49. The molecule has 3 heterocycles. The Morgan fingerprint density at radius 2 is 1.58 bits per heavy atom. The number of pyridine rings is 1. The zero-order valence-electron chi connectivity index (χ0n) is 35.3. The van der Waals surface area contributed by atoms with Crippen molar-refractivity contribution in [1.29, 1.82) is 0 Å². The molecule has 4 aromatic rings. The summed E-state index contributed by atoms with van der Waals surface area (Å²) < 4.78 is 10.4. The van der Waals surface area contributed by atoms with Crippen molar-refractivity contribution in [2.75, 3.05) is 44.4 Å². The molecule has 1 aliphatic carbocycles. The molecule has 2 N–H and O–H groups in total. The van der Waals surface area contributed by atoms with E-state index in [0.717, 1.165) is 33.4 Å². The van der Waals surface area contributed by atoms with Gasteiger partial charge in [-0.15, -0.1) is 0 Å². The van der Waals surface area contributed by atoms with Crippen molar-refractivity contribution in [3.05, 3.63) is 124 Å². The van der Waals surface area contributed by atoms with Gasteiger partial charge in [-0.05, 0) is 118 Å². The lowest BCUT2D eigenvalue weighted by Crippen LogP contribution is -2.50. The van der Waals surface area contributed by atoms with Gasteiger partial charge in [-0.1, -0.05) is 55.5 Å². The number of piperidine rings is 1. The van der Waals surface area contributed by atoms with Gasteiger partial charge in [0.05, 0.1) is 18.1 Å². The Kier molecular flexibility index (Phi) is 11.8. The van der Waals surface area contributed by atoms with E-state index < -0.39 is 22.5 Å². The van der Waals surface area contributed by atoms with E-state index in [1.807, 2.05) is 94.4 Å². The number of nitrogens with one attached hydrogen (secondary N) is 2. The summed E-state index contributed by atoms with van der Waals surface area (Å²) in [4.78, 5) is 76.7. The minimum absolute atomic E-state index is 0.0710. The maximum atomic E-state index is 14.8. The Labute approximate surface area is 351 Å². The quantitative estimate of drug-likeness (QED) is 0.162. The molecule has 1 spiro atoms. The molecule has 0 unspecified atom stereocenters. The van der Waals surface area contributed by atoms with Gasteiger partial charge in [-0.3, -0.25) is 19.3 Å². The first-order chi connectivity index (χ1) is 28.6. The van der Waals surface area contributed by atoms with Crippen molar-refractivity contribution in [2.45, 2.75) is 84.0 Å². The van der Waals surface area contributed by atoms with E-state index in [9.17, 15) is 24.0 Å². The number of esters is 1. The summed E-state index contributed by atoms with van der Waals surface area (Å²) in [6.07, 6.45) is 3.42. The Morgan fingerprint density at radius 1 is 0.900 bits per heavy atom. The van der Waals surface area contributed by atoms with Crippen LogP contribution in [-0.2, 0) is 61.7 Å². The Hall–Kier alpha value is -6.08. The fourth-order valence-corrected chi connectivity index (χ4v) is 8.57. The number of hydrogen-bond donors (Lipinski definition) is 2. The van der Waals surface area contributed by atoms with Gasteiger partial charge in [-0.25, -0.2) is 14.6 Å². The topological polar surface area (TPSA) is 150 Å². The van der Waals surface area contributed by atoms with Gasteiger partial charge in [0.15, 0.2) is 0 Å². The van der Waals surface area contributed by atoms with Crippen molar-refractivity contribution in [3.8, 4) is 0 Å². The molecule has 0 saturated carbocycles. The number of methoxy groups -OCH3 is 1. The molecule has 1 atom stereocenters. The molecule has 0 bridgehead atoms. The van der Waals surface area contributed by atoms with Crippen LogP contribution < -0.4 is 10.6 Å². The minimum Gasteiger partial charge on any atom is -0.465 e. The number of nitrogens with zero attached hydrogens (tertiary/aromatic N) is 4. The third-order valence-electron chi connectivity index (χ3n) is 11.9. The first-order valence-corrected chi connectivity index (χ1v) is 20.4. The van der Waals surface area contributed by atoms with E-state index in [0.29, 0.717) is 62.4 Å². The van der Waals surface area contributed by atoms with Crippen LogP contribution in [0.4, 0.5) is 16.3 Å². The number of likely N-dealkylation sites (tertiary alicyclic amines) is 1. The summed E-state index contributed by atoms with van der Waals surface area (Å²) in [7, 11) is 3.04. The van der Waals surface area contributed by atoms with Gasteiger partial charge >= 0.3 is 12.1 Å². The van der Waals surface area contributed by atoms with Crippen LogP contribution in [-0.4, -0.2) is 88.9 Å². The van der Waals surface area contributed by atoms with Gasteiger partial charge in [-0.2, -0.15) is 0 Å². The second-order valence-corrected chi connectivity index (χ2v) is 17.6.